The van der Waals surface area contributed by atoms with Crippen molar-refractivity contribution >= 4 is 17.8 Å². The Morgan fingerprint density at radius 1 is 1.24 bits per heavy atom. The van der Waals surface area contributed by atoms with Crippen molar-refractivity contribution in [2.24, 2.45) is 5.41 Å². The molecule has 0 radical (unpaired) electrons. The van der Waals surface area contributed by atoms with E-state index in [0.717, 1.165) is 12.8 Å². The summed E-state index contributed by atoms with van der Waals surface area (Å²) >= 11 is 0. The number of hydrogen-bond donors (Lipinski definition) is 2. The summed E-state index contributed by atoms with van der Waals surface area (Å²) in [6, 6.07) is -0.728. The third-order valence-electron chi connectivity index (χ3n) is 4.02. The maximum Gasteiger partial charge on any atom is 0.329 e. The van der Waals surface area contributed by atoms with Gasteiger partial charge in [-0.05, 0) is 33.1 Å². The van der Waals surface area contributed by atoms with E-state index in [9.17, 15) is 19.5 Å². The molecule has 1 saturated heterocycles. The minimum Gasteiger partial charge on any atom is -0.480 e. The summed E-state index contributed by atoms with van der Waals surface area (Å²) in [5.41, 5.74) is -1.78. The number of nitrogens with one attached hydrogen (secondary N) is 1. The first-order valence-electron chi connectivity index (χ1n) is 7.36. The summed E-state index contributed by atoms with van der Waals surface area (Å²) in [6.45, 7) is 8.89. The number of piperidine rings is 1. The highest BCUT2D eigenvalue weighted by Crippen LogP contribution is 2.29. The van der Waals surface area contributed by atoms with Gasteiger partial charge < -0.3 is 15.3 Å². The molecule has 21 heavy (non-hydrogen) atoms. The molecular formula is C15H26N2O4. The average molecular weight is 298 g/mol. The van der Waals surface area contributed by atoms with Gasteiger partial charge in [0.2, 0.25) is 11.8 Å². The van der Waals surface area contributed by atoms with Gasteiger partial charge in [0.15, 0.2) is 0 Å². The average Bonchev–Trinajstić information content (AvgIpc) is 2.37. The van der Waals surface area contributed by atoms with Crippen LogP contribution in [0, 0.1) is 5.41 Å². The summed E-state index contributed by atoms with van der Waals surface area (Å²) in [5, 5.41) is 12.1. The van der Waals surface area contributed by atoms with Crippen molar-refractivity contribution in [1.82, 2.24) is 10.2 Å². The third kappa shape index (κ3) is 3.74. The molecule has 1 fully saturated rings. The second-order valence-electron chi connectivity index (χ2n) is 6.97. The molecule has 0 aromatic rings. The van der Waals surface area contributed by atoms with Gasteiger partial charge in [-0.25, -0.2) is 4.79 Å². The van der Waals surface area contributed by atoms with Gasteiger partial charge >= 0.3 is 5.97 Å². The van der Waals surface area contributed by atoms with Gasteiger partial charge in [-0.2, -0.15) is 0 Å². The minimum atomic E-state index is -1.18. The fraction of sp³-hybridized carbons (Fsp3) is 0.800. The van der Waals surface area contributed by atoms with Gasteiger partial charge in [0, 0.05) is 12.0 Å². The number of aliphatic carboxylic acids is 1. The Balaban J connectivity index is 2.85. The van der Waals surface area contributed by atoms with Crippen LogP contribution in [0.4, 0.5) is 0 Å². The predicted octanol–water partition coefficient (Wildman–Crippen LogP) is 1.39. The molecule has 0 aliphatic carbocycles. The lowest BCUT2D eigenvalue weighted by molar-refractivity contribution is -0.162. The minimum absolute atomic E-state index is 0.225. The number of carboxylic acid groups (broad SMARTS) is 1. The summed E-state index contributed by atoms with van der Waals surface area (Å²) in [5.74, 6) is -1.56. The molecule has 0 aromatic carbocycles. The standard InChI is InChI=1S/C15H26N2O4/c1-10(16-12(19)14(2,3)4)11(18)17-9-7-6-8-15(17,5)13(20)21/h10H,6-9H2,1-5H3,(H,16,19)(H,20,21). The third-order valence-corrected chi connectivity index (χ3v) is 4.02. The van der Waals surface area contributed by atoms with E-state index >= 15 is 0 Å². The Hall–Kier alpha value is -1.59. The van der Waals surface area contributed by atoms with E-state index in [1.54, 1.807) is 34.6 Å². The SMILES string of the molecule is CC(NC(=O)C(C)(C)C)C(=O)N1CCCCC1(C)C(=O)O. The molecule has 0 saturated carbocycles. The van der Waals surface area contributed by atoms with Crippen molar-refractivity contribution in [3.63, 3.8) is 0 Å². The number of nitrogens with zero attached hydrogens (tertiary/aromatic N) is 1. The maximum atomic E-state index is 12.5. The predicted molar refractivity (Wildman–Crippen MR) is 78.7 cm³/mol. The van der Waals surface area contributed by atoms with Crippen molar-refractivity contribution in [3.8, 4) is 0 Å². The van der Waals surface area contributed by atoms with E-state index in [1.165, 1.54) is 4.90 Å². The lowest BCUT2D eigenvalue weighted by atomic mass is 9.87. The van der Waals surface area contributed by atoms with Gasteiger partial charge in [0.05, 0.1) is 0 Å². The van der Waals surface area contributed by atoms with Gasteiger partial charge in [-0.1, -0.05) is 20.8 Å². The van der Waals surface area contributed by atoms with Crippen molar-refractivity contribution in [3.05, 3.63) is 0 Å². The molecule has 120 valence electrons. The number of rotatable bonds is 3. The number of likely N-dealkylation sites (tertiary alicyclic amines) is 1. The molecule has 1 aliphatic heterocycles. The largest absolute Gasteiger partial charge is 0.480 e. The molecule has 2 unspecified atom stereocenters. The fourth-order valence-electron chi connectivity index (χ4n) is 2.41. The van der Waals surface area contributed by atoms with E-state index in [1.807, 2.05) is 0 Å². The number of carbonyl (C=O) groups is 3. The smallest absolute Gasteiger partial charge is 0.329 e. The monoisotopic (exact) mass is 298 g/mol. The second kappa shape index (κ2) is 6.03. The van der Waals surface area contributed by atoms with E-state index < -0.39 is 23.0 Å². The van der Waals surface area contributed by atoms with Crippen molar-refractivity contribution < 1.29 is 19.5 Å². The molecule has 2 atom stereocenters. The van der Waals surface area contributed by atoms with Crippen molar-refractivity contribution in [2.75, 3.05) is 6.54 Å². The van der Waals surface area contributed by atoms with Crippen molar-refractivity contribution in [2.45, 2.75) is 65.5 Å². The Morgan fingerprint density at radius 3 is 2.29 bits per heavy atom. The van der Waals surface area contributed by atoms with Crippen LogP contribution in [-0.2, 0) is 14.4 Å². The van der Waals surface area contributed by atoms with Crippen LogP contribution in [0.15, 0.2) is 0 Å². The first-order valence-corrected chi connectivity index (χ1v) is 7.36. The lowest BCUT2D eigenvalue weighted by Crippen LogP contribution is -2.61. The number of carboxylic acids is 1. The zero-order valence-corrected chi connectivity index (χ0v) is 13.5. The zero-order valence-electron chi connectivity index (χ0n) is 13.5. The van der Waals surface area contributed by atoms with E-state index in [-0.39, 0.29) is 11.8 Å². The van der Waals surface area contributed by atoms with Crippen LogP contribution in [-0.4, -0.2) is 45.9 Å². The van der Waals surface area contributed by atoms with E-state index in [0.29, 0.717) is 13.0 Å². The Bertz CT molecular complexity index is 441. The highest BCUT2D eigenvalue weighted by atomic mass is 16.4. The van der Waals surface area contributed by atoms with Crippen molar-refractivity contribution in [1.29, 1.82) is 0 Å². The van der Waals surface area contributed by atoms with Crippen LogP contribution in [0.3, 0.4) is 0 Å². The molecule has 2 N–H and O–H groups in total. The molecule has 1 heterocycles. The van der Waals surface area contributed by atoms with E-state index in [4.69, 9.17) is 0 Å². The molecule has 0 spiro atoms. The topological polar surface area (TPSA) is 86.7 Å². The molecule has 1 aliphatic rings. The summed E-state index contributed by atoms with van der Waals surface area (Å²) in [4.78, 5) is 37.4. The Morgan fingerprint density at radius 2 is 1.81 bits per heavy atom. The zero-order chi connectivity index (χ0) is 16.4. The summed E-state index contributed by atoms with van der Waals surface area (Å²) in [6.07, 6.45) is 2.01. The lowest BCUT2D eigenvalue weighted by Gasteiger charge is -2.43. The van der Waals surface area contributed by atoms with Gasteiger partial charge in [0.1, 0.15) is 11.6 Å². The van der Waals surface area contributed by atoms with Crippen LogP contribution in [0.1, 0.15) is 53.9 Å². The van der Waals surface area contributed by atoms with Crippen LogP contribution in [0.25, 0.3) is 0 Å². The van der Waals surface area contributed by atoms with Crippen LogP contribution < -0.4 is 5.32 Å². The number of amides is 2. The highest BCUT2D eigenvalue weighted by molar-refractivity contribution is 5.92. The first kappa shape index (κ1) is 17.5. The molecule has 0 aromatic heterocycles. The summed E-state index contributed by atoms with van der Waals surface area (Å²) in [7, 11) is 0. The van der Waals surface area contributed by atoms with Crippen LogP contribution >= 0.6 is 0 Å². The highest BCUT2D eigenvalue weighted by Gasteiger charge is 2.45. The molecule has 0 bridgehead atoms. The van der Waals surface area contributed by atoms with Crippen LogP contribution in [0.2, 0.25) is 0 Å². The molecule has 6 nitrogen and oxygen atoms in total. The van der Waals surface area contributed by atoms with Gasteiger partial charge in [0.25, 0.3) is 0 Å². The molecular weight excluding hydrogens is 272 g/mol. The summed E-state index contributed by atoms with van der Waals surface area (Å²) < 4.78 is 0. The van der Waals surface area contributed by atoms with E-state index in [2.05, 4.69) is 5.32 Å². The fourth-order valence-corrected chi connectivity index (χ4v) is 2.41. The van der Waals surface area contributed by atoms with Gasteiger partial charge in [-0.3, -0.25) is 9.59 Å². The van der Waals surface area contributed by atoms with Crippen LogP contribution in [0.5, 0.6) is 0 Å². The Labute approximate surface area is 125 Å². The molecule has 2 amide bonds. The number of carbonyl (C=O) groups excluding carboxylic acids is 2. The first-order chi connectivity index (χ1) is 9.50. The maximum absolute atomic E-state index is 12.5. The number of hydrogen-bond acceptors (Lipinski definition) is 3. The van der Waals surface area contributed by atoms with Gasteiger partial charge in [-0.15, -0.1) is 0 Å². The molecule has 6 heteroatoms. The normalized spacial score (nSPS) is 24.3. The second-order valence-corrected chi connectivity index (χ2v) is 6.97. The quantitative estimate of drug-likeness (QED) is 0.824. The molecule has 1 rings (SSSR count). The Kier molecular flexibility index (Phi) is 5.02.